The Morgan fingerprint density at radius 1 is 1.35 bits per heavy atom. The van der Waals surface area contributed by atoms with E-state index in [4.69, 9.17) is 16.3 Å². The van der Waals surface area contributed by atoms with Gasteiger partial charge in [0, 0.05) is 11.4 Å². The Balaban J connectivity index is 1.77. The normalized spacial score (nSPS) is 32.6. The van der Waals surface area contributed by atoms with Gasteiger partial charge in [-0.1, -0.05) is 53.5 Å². The molecule has 1 spiro atoms. The van der Waals surface area contributed by atoms with E-state index < -0.39 is 41.5 Å². The second-order valence-electron chi connectivity index (χ2n) is 9.37. The maximum absolute atomic E-state index is 13.9. The van der Waals surface area contributed by atoms with Crippen molar-refractivity contribution in [3.63, 3.8) is 0 Å². The van der Waals surface area contributed by atoms with Crippen LogP contribution in [0.3, 0.4) is 0 Å². The van der Waals surface area contributed by atoms with Gasteiger partial charge in [-0.15, -0.1) is 0 Å². The Morgan fingerprint density at radius 3 is 2.71 bits per heavy atom. The Bertz CT molecular complexity index is 969. The molecule has 3 aliphatic rings. The average Bonchev–Trinajstić information content (AvgIpc) is 3.39. The molecule has 10 heteroatoms. The van der Waals surface area contributed by atoms with Crippen LogP contribution in [0.5, 0.6) is 0 Å². The summed E-state index contributed by atoms with van der Waals surface area (Å²) < 4.78 is 6.44. The fourth-order valence-corrected chi connectivity index (χ4v) is 7.03. The van der Waals surface area contributed by atoms with Crippen molar-refractivity contribution in [2.24, 2.45) is 11.8 Å². The van der Waals surface area contributed by atoms with Gasteiger partial charge in [0.2, 0.25) is 17.7 Å². The maximum Gasteiger partial charge on any atom is 0.250 e. The van der Waals surface area contributed by atoms with Crippen molar-refractivity contribution in [3.05, 3.63) is 28.8 Å². The molecule has 0 aromatic heterocycles. The zero-order valence-electron chi connectivity index (χ0n) is 19.5. The number of aliphatic hydroxyl groups excluding tert-OH is 1. The molecule has 1 aromatic carbocycles. The van der Waals surface area contributed by atoms with Gasteiger partial charge in [-0.25, -0.2) is 0 Å². The number of anilines is 1. The van der Waals surface area contributed by atoms with Gasteiger partial charge in [-0.3, -0.25) is 14.4 Å². The fourth-order valence-electron chi connectivity index (χ4n) is 5.82. The number of nitrogens with zero attached hydrogens (tertiary/aromatic N) is 1. The molecule has 7 atom stereocenters. The number of aliphatic hydroxyl groups is 1. The Morgan fingerprint density at radius 2 is 2.09 bits per heavy atom. The average molecular weight is 557 g/mol. The number of rotatable bonds is 8. The van der Waals surface area contributed by atoms with Crippen molar-refractivity contribution >= 4 is 50.9 Å². The van der Waals surface area contributed by atoms with E-state index in [1.807, 2.05) is 26.8 Å². The van der Waals surface area contributed by atoms with E-state index in [9.17, 15) is 19.5 Å². The molecule has 3 unspecified atom stereocenters. The number of alkyl halides is 1. The van der Waals surface area contributed by atoms with Crippen LogP contribution < -0.4 is 10.6 Å². The van der Waals surface area contributed by atoms with Crippen LogP contribution in [0.2, 0.25) is 5.02 Å². The summed E-state index contributed by atoms with van der Waals surface area (Å²) >= 11 is 10.0. The minimum Gasteiger partial charge on any atom is -0.394 e. The van der Waals surface area contributed by atoms with E-state index >= 15 is 0 Å². The lowest BCUT2D eigenvalue weighted by Crippen LogP contribution is -2.56. The maximum atomic E-state index is 13.9. The number of hydrogen-bond donors (Lipinski definition) is 3. The summed E-state index contributed by atoms with van der Waals surface area (Å²) in [4.78, 5) is 42.1. The zero-order valence-corrected chi connectivity index (χ0v) is 21.9. The van der Waals surface area contributed by atoms with Gasteiger partial charge in [0.15, 0.2) is 0 Å². The summed E-state index contributed by atoms with van der Waals surface area (Å²) in [6.07, 6.45) is 1.11. The standard InChI is InChI=1S/C24H31BrClN3O5/c1-4-9-27-21(31)16-17-23(33)29(13(5-2)11-30)20(24(17)10-14(25)19(16)34-24)22(32)28-18-12(3)7-6-8-15(18)26/h6-8,13-14,16-17,19-20,30H,4-5,9-11H2,1-3H3,(H,27,31)(H,28,32)/t13-,14?,16+,17-,19+,20?,24?/m0/s1. The number of halogens is 2. The number of aryl methyl sites for hydroxylation is 1. The van der Waals surface area contributed by atoms with Crippen molar-refractivity contribution < 1.29 is 24.2 Å². The molecule has 0 aliphatic carbocycles. The van der Waals surface area contributed by atoms with Crippen molar-refractivity contribution in [1.82, 2.24) is 10.2 Å². The molecule has 3 saturated heterocycles. The predicted octanol–water partition coefficient (Wildman–Crippen LogP) is 2.63. The molecule has 2 bridgehead atoms. The predicted molar refractivity (Wildman–Crippen MR) is 132 cm³/mol. The van der Waals surface area contributed by atoms with Crippen molar-refractivity contribution in [3.8, 4) is 0 Å². The third-order valence-electron chi connectivity index (χ3n) is 7.37. The van der Waals surface area contributed by atoms with Crippen LogP contribution in [0, 0.1) is 18.8 Å². The van der Waals surface area contributed by atoms with Gasteiger partial charge >= 0.3 is 0 Å². The van der Waals surface area contributed by atoms with Crippen molar-refractivity contribution in [2.45, 2.75) is 68.6 Å². The lowest BCUT2D eigenvalue weighted by atomic mass is 9.70. The summed E-state index contributed by atoms with van der Waals surface area (Å²) in [5, 5.41) is 16.3. The first-order valence-corrected chi connectivity index (χ1v) is 13.1. The number of carbonyl (C=O) groups excluding carboxylic acids is 3. The van der Waals surface area contributed by atoms with Crippen LogP contribution in [0.1, 0.15) is 38.7 Å². The lowest BCUT2D eigenvalue weighted by Gasteiger charge is -2.36. The second-order valence-corrected chi connectivity index (χ2v) is 10.9. The van der Waals surface area contributed by atoms with Gasteiger partial charge in [-0.2, -0.15) is 0 Å². The molecule has 3 aliphatic heterocycles. The van der Waals surface area contributed by atoms with Crippen LogP contribution in [-0.4, -0.2) is 69.5 Å². The Hall–Kier alpha value is -1.68. The molecule has 4 rings (SSSR count). The van der Waals surface area contributed by atoms with E-state index in [0.29, 0.717) is 30.1 Å². The number of fused-ring (bicyclic) bond motifs is 1. The third kappa shape index (κ3) is 3.85. The highest BCUT2D eigenvalue weighted by Crippen LogP contribution is 2.60. The fraction of sp³-hybridized carbons (Fsp3) is 0.625. The van der Waals surface area contributed by atoms with Crippen LogP contribution in [0.4, 0.5) is 5.69 Å². The second kappa shape index (κ2) is 9.76. The number of nitrogens with one attached hydrogen (secondary N) is 2. The van der Waals surface area contributed by atoms with E-state index in [1.165, 1.54) is 4.90 Å². The molecule has 8 nitrogen and oxygen atoms in total. The number of benzene rings is 1. The number of amides is 3. The number of likely N-dealkylation sites (tertiary alicyclic amines) is 1. The minimum atomic E-state index is -1.17. The molecular formula is C24H31BrClN3O5. The topological polar surface area (TPSA) is 108 Å². The molecule has 186 valence electrons. The molecule has 3 heterocycles. The first-order chi connectivity index (χ1) is 16.2. The van der Waals surface area contributed by atoms with Crippen molar-refractivity contribution in [2.75, 3.05) is 18.5 Å². The monoisotopic (exact) mass is 555 g/mol. The molecule has 3 N–H and O–H groups in total. The van der Waals surface area contributed by atoms with Crippen LogP contribution in [0.25, 0.3) is 0 Å². The summed E-state index contributed by atoms with van der Waals surface area (Å²) in [7, 11) is 0. The van der Waals surface area contributed by atoms with E-state index in [0.717, 1.165) is 12.0 Å². The molecule has 1 aromatic rings. The number of ether oxygens (including phenoxy) is 1. The van der Waals surface area contributed by atoms with Gasteiger partial charge in [0.25, 0.3) is 0 Å². The molecular weight excluding hydrogens is 526 g/mol. The summed E-state index contributed by atoms with van der Waals surface area (Å²) in [5.74, 6) is -2.51. The third-order valence-corrected chi connectivity index (χ3v) is 8.53. The van der Waals surface area contributed by atoms with Gasteiger partial charge < -0.3 is 25.4 Å². The minimum absolute atomic E-state index is 0.180. The quantitative estimate of drug-likeness (QED) is 0.427. The van der Waals surface area contributed by atoms with Gasteiger partial charge in [-0.05, 0) is 37.8 Å². The van der Waals surface area contributed by atoms with E-state index in [-0.39, 0.29) is 23.2 Å². The molecule has 3 amide bonds. The molecule has 3 fully saturated rings. The van der Waals surface area contributed by atoms with Gasteiger partial charge in [0.05, 0.1) is 41.3 Å². The first kappa shape index (κ1) is 25.4. The van der Waals surface area contributed by atoms with Crippen molar-refractivity contribution in [1.29, 1.82) is 0 Å². The highest BCUT2D eigenvalue weighted by Gasteiger charge is 2.76. The highest BCUT2D eigenvalue weighted by molar-refractivity contribution is 9.09. The summed E-state index contributed by atoms with van der Waals surface area (Å²) in [5.41, 5.74) is 0.0804. The highest BCUT2D eigenvalue weighted by atomic mass is 79.9. The zero-order chi connectivity index (χ0) is 24.8. The lowest BCUT2D eigenvalue weighted by molar-refractivity contribution is -0.144. The van der Waals surface area contributed by atoms with Crippen LogP contribution >= 0.6 is 27.5 Å². The largest absolute Gasteiger partial charge is 0.394 e. The molecule has 0 saturated carbocycles. The Labute approximate surface area is 212 Å². The smallest absolute Gasteiger partial charge is 0.250 e. The van der Waals surface area contributed by atoms with Crippen LogP contribution in [-0.2, 0) is 19.1 Å². The summed E-state index contributed by atoms with van der Waals surface area (Å²) in [6, 6.07) is 3.73. The molecule has 0 radical (unpaired) electrons. The van der Waals surface area contributed by atoms with E-state index in [1.54, 1.807) is 12.1 Å². The number of hydrogen-bond acceptors (Lipinski definition) is 5. The molecule has 34 heavy (non-hydrogen) atoms. The number of carbonyl (C=O) groups is 3. The first-order valence-electron chi connectivity index (χ1n) is 11.8. The SMILES string of the molecule is CCCNC(=O)[C@H]1[C@@H]2OC3(CC2Br)C(C(=O)Nc2c(C)cccc2Cl)N([C@@H](CC)CO)C(=O)[C@H]13. The van der Waals surface area contributed by atoms with E-state index in [2.05, 4.69) is 26.6 Å². The Kier molecular flexibility index (Phi) is 7.29. The number of para-hydroxylation sites is 1. The van der Waals surface area contributed by atoms with Crippen LogP contribution in [0.15, 0.2) is 18.2 Å². The summed E-state index contributed by atoms with van der Waals surface area (Å²) in [6.45, 7) is 5.84. The van der Waals surface area contributed by atoms with Gasteiger partial charge in [0.1, 0.15) is 11.6 Å².